The minimum absolute atomic E-state index is 0.144. The van der Waals surface area contributed by atoms with Gasteiger partial charge in [-0.25, -0.2) is 4.39 Å². The highest BCUT2D eigenvalue weighted by molar-refractivity contribution is 8.00. The second-order valence-corrected chi connectivity index (χ2v) is 7.21. The molecule has 0 atom stereocenters. The summed E-state index contributed by atoms with van der Waals surface area (Å²) in [6.07, 6.45) is 0. The maximum atomic E-state index is 12.9. The van der Waals surface area contributed by atoms with E-state index >= 15 is 0 Å². The number of benzene rings is 2. The van der Waals surface area contributed by atoms with Gasteiger partial charge in [0.25, 0.3) is 5.56 Å². The van der Waals surface area contributed by atoms with E-state index in [2.05, 4.69) is 5.32 Å². The van der Waals surface area contributed by atoms with Crippen molar-refractivity contribution in [2.45, 2.75) is 11.4 Å². The molecule has 4 nitrogen and oxygen atoms in total. The van der Waals surface area contributed by atoms with Gasteiger partial charge in [0.15, 0.2) is 0 Å². The summed E-state index contributed by atoms with van der Waals surface area (Å²) in [5, 5.41) is 4.18. The SMILES string of the molecule is Cn1c(=O)cc(SCC(=O)NCc2ccc(F)cc2)c2cc(Cl)ccc21. The monoisotopic (exact) mass is 390 g/mol. The molecule has 0 aliphatic heterocycles. The fourth-order valence-electron chi connectivity index (χ4n) is 2.52. The molecule has 0 unspecified atom stereocenters. The van der Waals surface area contributed by atoms with E-state index in [0.717, 1.165) is 16.5 Å². The summed E-state index contributed by atoms with van der Waals surface area (Å²) in [6.45, 7) is 0.322. The number of pyridine rings is 1. The van der Waals surface area contributed by atoms with Crippen molar-refractivity contribution in [2.75, 3.05) is 5.75 Å². The second kappa shape index (κ2) is 7.93. The zero-order chi connectivity index (χ0) is 18.7. The molecule has 0 bridgehead atoms. The van der Waals surface area contributed by atoms with Crippen LogP contribution in [0.2, 0.25) is 5.02 Å². The summed E-state index contributed by atoms with van der Waals surface area (Å²) in [7, 11) is 1.70. The van der Waals surface area contributed by atoms with Gasteiger partial charge in [-0.3, -0.25) is 9.59 Å². The smallest absolute Gasteiger partial charge is 0.251 e. The van der Waals surface area contributed by atoms with Crippen molar-refractivity contribution in [1.29, 1.82) is 0 Å². The zero-order valence-corrected chi connectivity index (χ0v) is 15.5. The van der Waals surface area contributed by atoms with Crippen molar-refractivity contribution in [2.24, 2.45) is 7.05 Å². The van der Waals surface area contributed by atoms with Crippen LogP contribution in [-0.4, -0.2) is 16.2 Å². The molecule has 1 N–H and O–H groups in total. The Bertz CT molecular complexity index is 1020. The van der Waals surface area contributed by atoms with Crippen LogP contribution in [0.25, 0.3) is 10.9 Å². The molecular formula is C19H16ClFN2O2S. The maximum absolute atomic E-state index is 12.9. The molecule has 0 aliphatic rings. The molecule has 0 saturated heterocycles. The van der Waals surface area contributed by atoms with E-state index in [1.807, 2.05) is 0 Å². The van der Waals surface area contributed by atoms with E-state index in [9.17, 15) is 14.0 Å². The lowest BCUT2D eigenvalue weighted by molar-refractivity contribution is -0.118. The van der Waals surface area contributed by atoms with Crippen LogP contribution in [0, 0.1) is 5.82 Å². The number of carbonyl (C=O) groups excluding carboxylic acids is 1. The van der Waals surface area contributed by atoms with Crippen LogP contribution in [0.5, 0.6) is 0 Å². The fourth-order valence-corrected chi connectivity index (χ4v) is 3.58. The number of aromatic nitrogens is 1. The number of amides is 1. The molecule has 134 valence electrons. The molecule has 3 rings (SSSR count). The largest absolute Gasteiger partial charge is 0.351 e. The molecule has 1 aromatic heterocycles. The van der Waals surface area contributed by atoms with Crippen molar-refractivity contribution >= 4 is 40.2 Å². The minimum atomic E-state index is -0.313. The lowest BCUT2D eigenvalue weighted by atomic mass is 10.2. The quantitative estimate of drug-likeness (QED) is 0.675. The number of aryl methyl sites for hydroxylation is 1. The third kappa shape index (κ3) is 4.26. The Kier molecular flexibility index (Phi) is 5.64. The Morgan fingerprint density at radius 2 is 1.92 bits per heavy atom. The van der Waals surface area contributed by atoms with Crippen molar-refractivity contribution in [3.05, 3.63) is 75.3 Å². The van der Waals surface area contributed by atoms with Crippen molar-refractivity contribution in [3.8, 4) is 0 Å². The van der Waals surface area contributed by atoms with Gasteiger partial charge in [-0.05, 0) is 35.9 Å². The number of nitrogens with zero attached hydrogens (tertiary/aromatic N) is 1. The van der Waals surface area contributed by atoms with Gasteiger partial charge in [0.05, 0.1) is 11.3 Å². The van der Waals surface area contributed by atoms with E-state index in [-0.39, 0.29) is 23.0 Å². The Morgan fingerprint density at radius 3 is 2.65 bits per heavy atom. The third-order valence-corrected chi connectivity index (χ3v) is 5.22. The first-order valence-electron chi connectivity index (χ1n) is 7.87. The molecule has 0 spiro atoms. The molecule has 3 aromatic rings. The van der Waals surface area contributed by atoms with Gasteiger partial charge in [0.1, 0.15) is 5.82 Å². The highest BCUT2D eigenvalue weighted by atomic mass is 35.5. The lowest BCUT2D eigenvalue weighted by Crippen LogP contribution is -2.24. The number of carbonyl (C=O) groups is 1. The molecule has 0 saturated carbocycles. The first-order valence-corrected chi connectivity index (χ1v) is 9.23. The van der Waals surface area contributed by atoms with E-state index in [1.165, 1.54) is 30.0 Å². The molecule has 2 aromatic carbocycles. The molecule has 1 amide bonds. The minimum Gasteiger partial charge on any atom is -0.351 e. The average molecular weight is 391 g/mol. The van der Waals surface area contributed by atoms with Crippen LogP contribution < -0.4 is 10.9 Å². The first-order chi connectivity index (χ1) is 12.4. The third-order valence-electron chi connectivity index (χ3n) is 3.93. The van der Waals surface area contributed by atoms with Crippen LogP contribution in [-0.2, 0) is 18.4 Å². The van der Waals surface area contributed by atoms with Gasteiger partial charge < -0.3 is 9.88 Å². The van der Waals surface area contributed by atoms with Crippen LogP contribution in [0.3, 0.4) is 0 Å². The van der Waals surface area contributed by atoms with Gasteiger partial charge in [-0.15, -0.1) is 11.8 Å². The predicted molar refractivity (Wildman–Crippen MR) is 103 cm³/mol. The number of fused-ring (bicyclic) bond motifs is 1. The summed E-state index contributed by atoms with van der Waals surface area (Å²) in [5.74, 6) is -0.322. The number of hydrogen-bond donors (Lipinski definition) is 1. The van der Waals surface area contributed by atoms with Crippen LogP contribution in [0.1, 0.15) is 5.56 Å². The Balaban J connectivity index is 1.70. The fraction of sp³-hybridized carbons (Fsp3) is 0.158. The van der Waals surface area contributed by atoms with Gasteiger partial charge >= 0.3 is 0 Å². The summed E-state index contributed by atoms with van der Waals surface area (Å²) < 4.78 is 14.4. The van der Waals surface area contributed by atoms with Gasteiger partial charge in [0, 0.05) is 35.0 Å². The highest BCUT2D eigenvalue weighted by Crippen LogP contribution is 2.28. The molecule has 0 radical (unpaired) electrons. The second-order valence-electron chi connectivity index (χ2n) is 5.76. The van der Waals surface area contributed by atoms with Crippen molar-refractivity contribution < 1.29 is 9.18 Å². The number of halogens is 2. The first kappa shape index (κ1) is 18.5. The number of thioether (sulfide) groups is 1. The van der Waals surface area contributed by atoms with Crippen LogP contribution in [0.15, 0.2) is 58.2 Å². The molecule has 7 heteroatoms. The zero-order valence-electron chi connectivity index (χ0n) is 14.0. The normalized spacial score (nSPS) is 10.9. The standard InChI is InChI=1S/C19H16ClFN2O2S/c1-23-16-7-4-13(20)8-15(16)17(9-19(23)25)26-11-18(24)22-10-12-2-5-14(21)6-3-12/h2-9H,10-11H2,1H3,(H,22,24). The van der Waals surface area contributed by atoms with E-state index in [4.69, 9.17) is 11.6 Å². The molecular weight excluding hydrogens is 375 g/mol. The van der Waals surface area contributed by atoms with Crippen molar-refractivity contribution in [1.82, 2.24) is 9.88 Å². The number of rotatable bonds is 5. The van der Waals surface area contributed by atoms with E-state index in [0.29, 0.717) is 16.5 Å². The Morgan fingerprint density at radius 1 is 1.19 bits per heavy atom. The summed E-state index contributed by atoms with van der Waals surface area (Å²) >= 11 is 7.35. The van der Waals surface area contributed by atoms with E-state index in [1.54, 1.807) is 41.9 Å². The topological polar surface area (TPSA) is 51.1 Å². The maximum Gasteiger partial charge on any atom is 0.251 e. The van der Waals surface area contributed by atoms with Crippen LogP contribution in [0.4, 0.5) is 4.39 Å². The molecule has 26 heavy (non-hydrogen) atoms. The summed E-state index contributed by atoms with van der Waals surface area (Å²) in [4.78, 5) is 24.9. The van der Waals surface area contributed by atoms with Crippen LogP contribution >= 0.6 is 23.4 Å². The summed E-state index contributed by atoms with van der Waals surface area (Å²) in [6, 6.07) is 12.8. The van der Waals surface area contributed by atoms with E-state index < -0.39 is 0 Å². The lowest BCUT2D eigenvalue weighted by Gasteiger charge is -2.10. The van der Waals surface area contributed by atoms with Gasteiger partial charge in [-0.2, -0.15) is 0 Å². The predicted octanol–water partition coefficient (Wildman–Crippen LogP) is 3.74. The highest BCUT2D eigenvalue weighted by Gasteiger charge is 2.10. The Hall–Kier alpha value is -2.31. The number of nitrogens with one attached hydrogen (secondary N) is 1. The number of hydrogen-bond acceptors (Lipinski definition) is 3. The molecule has 1 heterocycles. The van der Waals surface area contributed by atoms with Gasteiger partial charge in [-0.1, -0.05) is 23.7 Å². The van der Waals surface area contributed by atoms with Crippen molar-refractivity contribution in [3.63, 3.8) is 0 Å². The average Bonchev–Trinajstić information content (AvgIpc) is 2.63. The molecule has 0 aliphatic carbocycles. The summed E-state index contributed by atoms with van der Waals surface area (Å²) in [5.41, 5.74) is 1.43. The molecule has 0 fully saturated rings. The van der Waals surface area contributed by atoms with Gasteiger partial charge in [0.2, 0.25) is 5.91 Å². The Labute approximate surface area is 159 Å².